The molecule has 0 unspecified atom stereocenters. The molecular weight excluding hydrogens is 270 g/mol. The Hall–Kier alpha value is -2.89. The van der Waals surface area contributed by atoms with Gasteiger partial charge in [-0.25, -0.2) is 0 Å². The summed E-state index contributed by atoms with van der Waals surface area (Å²) in [4.78, 5) is 0. The smallest absolute Gasteiger partial charge is 0.231 e. The topological polar surface area (TPSA) is 79.4 Å². The van der Waals surface area contributed by atoms with E-state index in [0.717, 1.165) is 22.2 Å². The molecule has 2 heterocycles. The van der Waals surface area contributed by atoms with Crippen LogP contribution in [0.15, 0.2) is 36.5 Å². The van der Waals surface area contributed by atoms with Gasteiger partial charge in [0.05, 0.1) is 11.7 Å². The number of hydrogen-bond donors (Lipinski definition) is 3. The molecule has 1 aliphatic rings. The molecule has 0 atom stereocenters. The van der Waals surface area contributed by atoms with Gasteiger partial charge in [0.25, 0.3) is 0 Å². The maximum atomic E-state index is 10.0. The molecule has 4 rings (SSSR count). The normalized spacial score (nSPS) is 12.8. The van der Waals surface area contributed by atoms with Crippen molar-refractivity contribution < 1.29 is 14.6 Å². The number of nitrogens with one attached hydrogen (secondary N) is 2. The molecule has 0 amide bonds. The number of nitrogens with zero attached hydrogens (tertiary/aromatic N) is 1. The molecule has 0 saturated carbocycles. The van der Waals surface area contributed by atoms with Crippen molar-refractivity contribution in [2.45, 2.75) is 6.54 Å². The molecule has 3 aromatic rings. The number of fused-ring (bicyclic) bond motifs is 2. The third-order valence-corrected chi connectivity index (χ3v) is 3.53. The van der Waals surface area contributed by atoms with Crippen molar-refractivity contribution in [3.8, 4) is 17.2 Å². The summed E-state index contributed by atoms with van der Waals surface area (Å²) in [7, 11) is 0. The standard InChI is InChI=1S/C15H13N3O3/c19-13-5-15-14(20-8-21-15)4-9(13)6-16-11-2-1-3-12-10(11)7-17-18-12/h1-5,7,16,19H,6,8H2,(H,17,18). The molecule has 106 valence electrons. The molecule has 3 N–H and O–H groups in total. The molecular formula is C15H13N3O3. The van der Waals surface area contributed by atoms with Gasteiger partial charge in [0, 0.05) is 29.2 Å². The molecule has 0 radical (unpaired) electrons. The second-order valence-electron chi connectivity index (χ2n) is 4.82. The quantitative estimate of drug-likeness (QED) is 0.688. The maximum Gasteiger partial charge on any atom is 0.231 e. The average Bonchev–Trinajstić information content (AvgIpc) is 3.12. The van der Waals surface area contributed by atoms with Gasteiger partial charge in [0.2, 0.25) is 6.79 Å². The van der Waals surface area contributed by atoms with E-state index < -0.39 is 0 Å². The Morgan fingerprint density at radius 3 is 3.00 bits per heavy atom. The summed E-state index contributed by atoms with van der Waals surface area (Å²) < 4.78 is 10.6. The molecule has 2 aromatic carbocycles. The van der Waals surface area contributed by atoms with Crippen LogP contribution in [0, 0.1) is 0 Å². The van der Waals surface area contributed by atoms with Crippen LogP contribution in [0.3, 0.4) is 0 Å². The van der Waals surface area contributed by atoms with E-state index in [9.17, 15) is 5.11 Å². The predicted octanol–water partition coefficient (Wildman–Crippen LogP) is 2.61. The molecule has 6 nitrogen and oxygen atoms in total. The Morgan fingerprint density at radius 1 is 1.24 bits per heavy atom. The van der Waals surface area contributed by atoms with E-state index in [1.165, 1.54) is 0 Å². The van der Waals surface area contributed by atoms with Crippen LogP contribution in [-0.4, -0.2) is 22.1 Å². The second kappa shape index (κ2) is 4.59. The number of ether oxygens (including phenoxy) is 2. The molecule has 0 bridgehead atoms. The summed E-state index contributed by atoms with van der Waals surface area (Å²) in [5, 5.41) is 21.3. The molecule has 6 heteroatoms. The first kappa shape index (κ1) is 11.9. The van der Waals surface area contributed by atoms with Gasteiger partial charge in [-0.2, -0.15) is 5.10 Å². The monoisotopic (exact) mass is 283 g/mol. The van der Waals surface area contributed by atoms with Crippen molar-refractivity contribution in [2.24, 2.45) is 0 Å². The fraction of sp³-hybridized carbons (Fsp3) is 0.133. The molecule has 0 saturated heterocycles. The van der Waals surface area contributed by atoms with Gasteiger partial charge >= 0.3 is 0 Å². The molecule has 0 fully saturated rings. The average molecular weight is 283 g/mol. The zero-order chi connectivity index (χ0) is 14.2. The molecule has 0 aliphatic carbocycles. The van der Waals surface area contributed by atoms with E-state index >= 15 is 0 Å². The Labute approximate surface area is 120 Å². The fourth-order valence-electron chi connectivity index (χ4n) is 2.43. The maximum absolute atomic E-state index is 10.0. The molecule has 1 aromatic heterocycles. The number of H-pyrrole nitrogens is 1. The zero-order valence-electron chi connectivity index (χ0n) is 11.1. The van der Waals surface area contributed by atoms with Crippen molar-refractivity contribution in [3.05, 3.63) is 42.1 Å². The summed E-state index contributed by atoms with van der Waals surface area (Å²) in [6.45, 7) is 0.673. The molecule has 0 spiro atoms. The lowest BCUT2D eigenvalue weighted by atomic mass is 10.1. The number of hydrogen-bond acceptors (Lipinski definition) is 5. The highest BCUT2D eigenvalue weighted by Crippen LogP contribution is 2.37. The Balaban J connectivity index is 1.61. The number of phenolic OH excluding ortho intramolecular Hbond substituents is 1. The van der Waals surface area contributed by atoms with Crippen molar-refractivity contribution in [1.29, 1.82) is 0 Å². The first-order valence-electron chi connectivity index (χ1n) is 6.59. The number of rotatable bonds is 3. The minimum atomic E-state index is 0.186. The number of aromatic nitrogens is 2. The Morgan fingerprint density at radius 2 is 2.10 bits per heavy atom. The van der Waals surface area contributed by atoms with Crippen molar-refractivity contribution in [3.63, 3.8) is 0 Å². The van der Waals surface area contributed by atoms with Crippen molar-refractivity contribution in [2.75, 3.05) is 12.1 Å². The minimum Gasteiger partial charge on any atom is -0.507 e. The van der Waals surface area contributed by atoms with Crippen LogP contribution in [0.25, 0.3) is 10.9 Å². The van der Waals surface area contributed by atoms with E-state index in [4.69, 9.17) is 9.47 Å². The third-order valence-electron chi connectivity index (χ3n) is 3.53. The van der Waals surface area contributed by atoms with Gasteiger partial charge in [0.1, 0.15) is 5.75 Å². The molecule has 1 aliphatic heterocycles. The van der Waals surface area contributed by atoms with Gasteiger partial charge < -0.3 is 19.9 Å². The first-order chi connectivity index (χ1) is 10.3. The second-order valence-corrected chi connectivity index (χ2v) is 4.82. The fourth-order valence-corrected chi connectivity index (χ4v) is 2.43. The van der Waals surface area contributed by atoms with Crippen LogP contribution in [0.4, 0.5) is 5.69 Å². The lowest BCUT2D eigenvalue weighted by Crippen LogP contribution is -2.00. The summed E-state index contributed by atoms with van der Waals surface area (Å²) >= 11 is 0. The van der Waals surface area contributed by atoms with E-state index in [1.54, 1.807) is 18.3 Å². The van der Waals surface area contributed by atoms with Crippen LogP contribution < -0.4 is 14.8 Å². The van der Waals surface area contributed by atoms with Gasteiger partial charge in [0.15, 0.2) is 11.5 Å². The van der Waals surface area contributed by atoms with Crippen LogP contribution in [-0.2, 0) is 6.54 Å². The number of benzene rings is 2. The predicted molar refractivity (Wildman–Crippen MR) is 77.7 cm³/mol. The summed E-state index contributed by atoms with van der Waals surface area (Å²) in [5.74, 6) is 1.42. The largest absolute Gasteiger partial charge is 0.507 e. The highest BCUT2D eigenvalue weighted by atomic mass is 16.7. The van der Waals surface area contributed by atoms with E-state index in [-0.39, 0.29) is 12.5 Å². The summed E-state index contributed by atoms with van der Waals surface area (Å²) in [5.41, 5.74) is 2.67. The minimum absolute atomic E-state index is 0.186. The Kier molecular flexibility index (Phi) is 2.60. The lowest BCUT2D eigenvalue weighted by Gasteiger charge is -2.10. The van der Waals surface area contributed by atoms with Crippen molar-refractivity contribution >= 4 is 16.6 Å². The summed E-state index contributed by atoms with van der Waals surface area (Å²) in [6.07, 6.45) is 1.77. The number of aromatic amines is 1. The van der Waals surface area contributed by atoms with E-state index in [2.05, 4.69) is 15.5 Å². The first-order valence-corrected chi connectivity index (χ1v) is 6.59. The zero-order valence-corrected chi connectivity index (χ0v) is 11.1. The highest BCUT2D eigenvalue weighted by Gasteiger charge is 2.17. The van der Waals surface area contributed by atoms with Gasteiger partial charge in [-0.3, -0.25) is 5.10 Å². The van der Waals surface area contributed by atoms with Crippen LogP contribution in [0.2, 0.25) is 0 Å². The van der Waals surface area contributed by atoms with Crippen LogP contribution in [0.5, 0.6) is 17.2 Å². The Bertz CT molecular complexity index is 813. The van der Waals surface area contributed by atoms with Crippen LogP contribution in [0.1, 0.15) is 5.56 Å². The number of phenols is 1. The SMILES string of the molecule is Oc1cc2c(cc1CNc1cccc3[nH]ncc13)OCO2. The van der Waals surface area contributed by atoms with Crippen molar-refractivity contribution in [1.82, 2.24) is 10.2 Å². The number of anilines is 1. The van der Waals surface area contributed by atoms with Crippen LogP contribution >= 0.6 is 0 Å². The van der Waals surface area contributed by atoms with Gasteiger partial charge in [-0.05, 0) is 18.2 Å². The lowest BCUT2D eigenvalue weighted by molar-refractivity contribution is 0.174. The summed E-state index contributed by atoms with van der Waals surface area (Å²) in [6, 6.07) is 9.26. The van der Waals surface area contributed by atoms with E-state index in [1.807, 2.05) is 18.2 Å². The number of aromatic hydroxyl groups is 1. The van der Waals surface area contributed by atoms with E-state index in [0.29, 0.717) is 18.0 Å². The molecule has 21 heavy (non-hydrogen) atoms. The van der Waals surface area contributed by atoms with Gasteiger partial charge in [-0.15, -0.1) is 0 Å². The van der Waals surface area contributed by atoms with Gasteiger partial charge in [-0.1, -0.05) is 6.07 Å². The third kappa shape index (κ3) is 2.01. The highest BCUT2D eigenvalue weighted by molar-refractivity contribution is 5.90.